The fourth-order valence-corrected chi connectivity index (χ4v) is 5.60. The predicted molar refractivity (Wildman–Crippen MR) is 145 cm³/mol. The minimum Gasteiger partial charge on any atom is -0.378 e. The molecule has 6 nitrogen and oxygen atoms in total. The van der Waals surface area contributed by atoms with Gasteiger partial charge in [0.2, 0.25) is 10.0 Å². The number of nitrogens with zero attached hydrogens (tertiary/aromatic N) is 3. The SMILES string of the molecule is CCc1ccc(S(=O)(=O)NC[C@@H](c2ccc(N(C)C)cc2)N2CCN(c3ccccc3)CC2)cc1. The summed E-state index contributed by atoms with van der Waals surface area (Å²) in [4.78, 5) is 7.17. The lowest BCUT2D eigenvalue weighted by Crippen LogP contribution is -2.49. The van der Waals surface area contributed by atoms with E-state index in [2.05, 4.69) is 74.9 Å². The summed E-state index contributed by atoms with van der Waals surface area (Å²) in [6.07, 6.45) is 0.883. The van der Waals surface area contributed by atoms with Crippen LogP contribution in [0.3, 0.4) is 0 Å². The van der Waals surface area contributed by atoms with Gasteiger partial charge in [-0.3, -0.25) is 4.90 Å². The monoisotopic (exact) mass is 492 g/mol. The molecule has 1 saturated heterocycles. The fourth-order valence-electron chi connectivity index (χ4n) is 4.56. The standard InChI is InChI=1S/C28H36N4O2S/c1-4-23-10-16-27(17-11-23)35(33,34)29-22-28(24-12-14-25(15-13-24)30(2)3)32-20-18-31(19-21-32)26-8-6-5-7-9-26/h5-17,28-29H,4,18-22H2,1-3H3/t28-/m0/s1. The molecular formula is C28H36N4O2S. The Kier molecular flexibility index (Phi) is 8.11. The first-order chi connectivity index (χ1) is 16.9. The average molecular weight is 493 g/mol. The molecule has 3 aromatic carbocycles. The molecule has 1 fully saturated rings. The van der Waals surface area contributed by atoms with E-state index < -0.39 is 10.0 Å². The van der Waals surface area contributed by atoms with Crippen LogP contribution in [0.2, 0.25) is 0 Å². The molecule has 4 rings (SSSR count). The van der Waals surface area contributed by atoms with E-state index in [4.69, 9.17) is 0 Å². The summed E-state index contributed by atoms with van der Waals surface area (Å²) in [6, 6.07) is 26.0. The Balaban J connectivity index is 1.51. The number of piperazine rings is 1. The second-order valence-electron chi connectivity index (χ2n) is 9.21. The quantitative estimate of drug-likeness (QED) is 0.486. The average Bonchev–Trinajstić information content (AvgIpc) is 2.90. The highest BCUT2D eigenvalue weighted by atomic mass is 32.2. The first-order valence-corrected chi connectivity index (χ1v) is 13.8. The number of hydrogen-bond acceptors (Lipinski definition) is 5. The van der Waals surface area contributed by atoms with Crippen molar-refractivity contribution in [1.82, 2.24) is 9.62 Å². The van der Waals surface area contributed by atoms with E-state index in [0.29, 0.717) is 11.4 Å². The molecule has 0 amide bonds. The number of sulfonamides is 1. The van der Waals surface area contributed by atoms with Gasteiger partial charge in [0.25, 0.3) is 0 Å². The summed E-state index contributed by atoms with van der Waals surface area (Å²) in [6.45, 7) is 5.92. The van der Waals surface area contributed by atoms with Gasteiger partial charge in [-0.2, -0.15) is 0 Å². The maximum Gasteiger partial charge on any atom is 0.240 e. The van der Waals surface area contributed by atoms with Gasteiger partial charge >= 0.3 is 0 Å². The summed E-state index contributed by atoms with van der Waals surface area (Å²) in [5, 5.41) is 0. The lowest BCUT2D eigenvalue weighted by molar-refractivity contribution is 0.187. The van der Waals surface area contributed by atoms with E-state index in [0.717, 1.165) is 49.4 Å². The number of para-hydroxylation sites is 1. The van der Waals surface area contributed by atoms with Crippen LogP contribution in [0.25, 0.3) is 0 Å². The number of benzene rings is 3. The molecular weight excluding hydrogens is 456 g/mol. The predicted octanol–water partition coefficient (Wildman–Crippen LogP) is 4.16. The van der Waals surface area contributed by atoms with Crippen molar-refractivity contribution in [3.8, 4) is 0 Å². The molecule has 0 radical (unpaired) electrons. The second-order valence-corrected chi connectivity index (χ2v) is 11.0. The lowest BCUT2D eigenvalue weighted by Gasteiger charge is -2.40. The third-order valence-corrected chi connectivity index (χ3v) is 8.22. The first-order valence-electron chi connectivity index (χ1n) is 12.3. The van der Waals surface area contributed by atoms with Crippen LogP contribution in [0.1, 0.15) is 24.1 Å². The number of nitrogens with one attached hydrogen (secondary N) is 1. The highest BCUT2D eigenvalue weighted by molar-refractivity contribution is 7.89. The molecule has 35 heavy (non-hydrogen) atoms. The first kappa shape index (κ1) is 25.2. The van der Waals surface area contributed by atoms with Crippen LogP contribution in [0.5, 0.6) is 0 Å². The van der Waals surface area contributed by atoms with Crippen molar-refractivity contribution in [3.63, 3.8) is 0 Å². The zero-order valence-electron chi connectivity index (χ0n) is 20.9. The van der Waals surface area contributed by atoms with Crippen LogP contribution in [0.4, 0.5) is 11.4 Å². The molecule has 0 aromatic heterocycles. The molecule has 0 unspecified atom stereocenters. The minimum absolute atomic E-state index is 0.0474. The van der Waals surface area contributed by atoms with Gasteiger partial charge in [-0.1, -0.05) is 49.4 Å². The highest BCUT2D eigenvalue weighted by Gasteiger charge is 2.27. The van der Waals surface area contributed by atoms with Crippen LogP contribution >= 0.6 is 0 Å². The zero-order chi connectivity index (χ0) is 24.8. The van der Waals surface area contributed by atoms with Crippen molar-refractivity contribution in [1.29, 1.82) is 0 Å². The molecule has 0 saturated carbocycles. The zero-order valence-corrected chi connectivity index (χ0v) is 21.7. The Morgan fingerprint density at radius 3 is 2.06 bits per heavy atom. The van der Waals surface area contributed by atoms with Crippen LogP contribution in [0.15, 0.2) is 83.8 Å². The Labute approximate surface area is 210 Å². The molecule has 7 heteroatoms. The molecule has 1 atom stereocenters. The van der Waals surface area contributed by atoms with Crippen LogP contribution in [0, 0.1) is 0 Å². The van der Waals surface area contributed by atoms with Crippen LogP contribution in [-0.4, -0.2) is 60.1 Å². The molecule has 1 heterocycles. The molecule has 3 aromatic rings. The summed E-state index contributed by atoms with van der Waals surface area (Å²) >= 11 is 0. The van der Waals surface area contributed by atoms with Crippen molar-refractivity contribution < 1.29 is 8.42 Å². The molecule has 1 aliphatic rings. The summed E-state index contributed by atoms with van der Waals surface area (Å²) in [5.74, 6) is 0. The second kappa shape index (κ2) is 11.2. The third-order valence-electron chi connectivity index (χ3n) is 6.78. The molecule has 0 aliphatic carbocycles. The summed E-state index contributed by atoms with van der Waals surface area (Å²) in [5.41, 5.74) is 4.60. The minimum atomic E-state index is -3.60. The van der Waals surface area contributed by atoms with Crippen molar-refractivity contribution in [2.75, 3.05) is 56.6 Å². The summed E-state index contributed by atoms with van der Waals surface area (Å²) < 4.78 is 29.1. The molecule has 186 valence electrons. The fraction of sp³-hybridized carbons (Fsp3) is 0.357. The van der Waals surface area contributed by atoms with E-state index in [1.54, 1.807) is 12.1 Å². The van der Waals surface area contributed by atoms with E-state index in [-0.39, 0.29) is 6.04 Å². The van der Waals surface area contributed by atoms with Crippen molar-refractivity contribution in [2.24, 2.45) is 0 Å². The van der Waals surface area contributed by atoms with E-state index in [9.17, 15) is 8.42 Å². The number of aryl methyl sites for hydroxylation is 1. The lowest BCUT2D eigenvalue weighted by atomic mass is 10.0. The number of hydrogen-bond donors (Lipinski definition) is 1. The van der Waals surface area contributed by atoms with Crippen molar-refractivity contribution in [3.05, 3.63) is 90.0 Å². The Morgan fingerprint density at radius 1 is 0.857 bits per heavy atom. The largest absolute Gasteiger partial charge is 0.378 e. The van der Waals surface area contributed by atoms with Gasteiger partial charge in [-0.15, -0.1) is 0 Å². The van der Waals surface area contributed by atoms with E-state index in [1.807, 2.05) is 32.3 Å². The van der Waals surface area contributed by atoms with Crippen molar-refractivity contribution in [2.45, 2.75) is 24.3 Å². The number of anilines is 2. The van der Waals surface area contributed by atoms with Gasteiger partial charge in [0.15, 0.2) is 0 Å². The Hall–Kier alpha value is -2.87. The normalized spacial score (nSPS) is 15.7. The highest BCUT2D eigenvalue weighted by Crippen LogP contribution is 2.26. The van der Waals surface area contributed by atoms with E-state index >= 15 is 0 Å². The van der Waals surface area contributed by atoms with Crippen molar-refractivity contribution >= 4 is 21.4 Å². The van der Waals surface area contributed by atoms with Gasteiger partial charge in [-0.05, 0) is 53.9 Å². The molecule has 0 spiro atoms. The van der Waals surface area contributed by atoms with Gasteiger partial charge in [0.05, 0.1) is 4.90 Å². The maximum atomic E-state index is 13.1. The van der Waals surface area contributed by atoms with Crippen LogP contribution in [-0.2, 0) is 16.4 Å². The Morgan fingerprint density at radius 2 is 1.49 bits per heavy atom. The molecule has 1 N–H and O–H groups in total. The number of rotatable bonds is 9. The van der Waals surface area contributed by atoms with Gasteiger partial charge < -0.3 is 9.80 Å². The smallest absolute Gasteiger partial charge is 0.240 e. The van der Waals surface area contributed by atoms with Gasteiger partial charge in [-0.25, -0.2) is 13.1 Å². The molecule has 0 bridgehead atoms. The van der Waals surface area contributed by atoms with E-state index in [1.165, 1.54) is 5.69 Å². The third kappa shape index (κ3) is 6.23. The van der Waals surface area contributed by atoms with Crippen LogP contribution < -0.4 is 14.5 Å². The molecule has 1 aliphatic heterocycles. The van der Waals surface area contributed by atoms with Gasteiger partial charge in [0, 0.05) is 64.2 Å². The topological polar surface area (TPSA) is 55.9 Å². The Bertz CT molecular complexity index is 1170. The van der Waals surface area contributed by atoms with Gasteiger partial charge in [0.1, 0.15) is 0 Å². The summed E-state index contributed by atoms with van der Waals surface area (Å²) in [7, 11) is 0.444. The maximum absolute atomic E-state index is 13.1.